The Morgan fingerprint density at radius 2 is 1.71 bits per heavy atom. The molecule has 1 aromatic carbocycles. The molecule has 0 radical (unpaired) electrons. The highest BCUT2D eigenvalue weighted by atomic mass is 79.9. The molecule has 118 valence electrons. The first kappa shape index (κ1) is 17.6. The monoisotopic (exact) mass is 359 g/mol. The molecule has 0 saturated heterocycles. The van der Waals surface area contributed by atoms with E-state index in [1.165, 1.54) is 21.3 Å². The molecule has 6 heteroatoms. The van der Waals surface area contributed by atoms with Gasteiger partial charge in [0.25, 0.3) is 5.91 Å². The Kier molecular flexibility index (Phi) is 7.36. The Morgan fingerprint density at radius 1 is 1.14 bits per heavy atom. The number of hydrogen-bond acceptors (Lipinski definition) is 4. The van der Waals surface area contributed by atoms with Crippen molar-refractivity contribution in [3.63, 3.8) is 0 Å². The fourth-order valence-electron chi connectivity index (χ4n) is 2.04. The van der Waals surface area contributed by atoms with Crippen molar-refractivity contribution in [2.45, 2.75) is 13.3 Å². The Balaban J connectivity index is 3.14. The zero-order chi connectivity index (χ0) is 15.8. The van der Waals surface area contributed by atoms with Crippen LogP contribution in [-0.4, -0.2) is 50.6 Å². The number of carbonyl (C=O) groups is 1. The van der Waals surface area contributed by atoms with Crippen LogP contribution in [0.25, 0.3) is 0 Å². The number of methoxy groups -OCH3 is 3. The number of nitrogens with zero attached hydrogens (tertiary/aromatic N) is 1. The maximum atomic E-state index is 12.6. The molecule has 0 N–H and O–H groups in total. The van der Waals surface area contributed by atoms with Crippen LogP contribution in [0.5, 0.6) is 17.2 Å². The lowest BCUT2D eigenvalue weighted by Gasteiger charge is -2.21. The molecule has 0 aliphatic heterocycles. The quantitative estimate of drug-likeness (QED) is 0.669. The minimum Gasteiger partial charge on any atom is -0.493 e. The molecule has 0 bridgehead atoms. The summed E-state index contributed by atoms with van der Waals surface area (Å²) in [4.78, 5) is 14.4. The molecule has 1 aromatic rings. The molecule has 0 aliphatic rings. The highest BCUT2D eigenvalue weighted by molar-refractivity contribution is 9.09. The van der Waals surface area contributed by atoms with Crippen LogP contribution in [0.1, 0.15) is 23.7 Å². The average molecular weight is 360 g/mol. The molecule has 0 aliphatic carbocycles. The Labute approximate surface area is 134 Å². The van der Waals surface area contributed by atoms with Crippen molar-refractivity contribution in [1.82, 2.24) is 4.90 Å². The van der Waals surface area contributed by atoms with Crippen LogP contribution in [0.2, 0.25) is 0 Å². The van der Waals surface area contributed by atoms with Crippen LogP contribution in [0.4, 0.5) is 0 Å². The van der Waals surface area contributed by atoms with E-state index in [1.807, 2.05) is 6.92 Å². The number of hydrogen-bond donors (Lipinski definition) is 0. The van der Waals surface area contributed by atoms with Gasteiger partial charge in [0.1, 0.15) is 0 Å². The molecule has 0 saturated carbocycles. The molecular formula is C15H22BrNO4. The molecule has 0 heterocycles. The SMILES string of the molecule is CCN(CCCBr)C(=O)c1cc(OC)c(OC)c(OC)c1. The summed E-state index contributed by atoms with van der Waals surface area (Å²) in [6, 6.07) is 3.36. The zero-order valence-electron chi connectivity index (χ0n) is 12.9. The van der Waals surface area contributed by atoms with Crippen LogP contribution >= 0.6 is 15.9 Å². The molecule has 5 nitrogen and oxygen atoms in total. The Hall–Kier alpha value is -1.43. The van der Waals surface area contributed by atoms with Gasteiger partial charge in [-0.2, -0.15) is 0 Å². The zero-order valence-corrected chi connectivity index (χ0v) is 14.5. The van der Waals surface area contributed by atoms with Crippen LogP contribution in [-0.2, 0) is 0 Å². The van der Waals surface area contributed by atoms with E-state index in [2.05, 4.69) is 15.9 Å². The largest absolute Gasteiger partial charge is 0.493 e. The number of ether oxygens (including phenoxy) is 3. The summed E-state index contributed by atoms with van der Waals surface area (Å²) in [6.45, 7) is 3.32. The standard InChI is InChI=1S/C15H22BrNO4/c1-5-17(8-6-7-16)15(18)11-9-12(19-2)14(21-4)13(10-11)20-3/h9-10H,5-8H2,1-4H3. The topological polar surface area (TPSA) is 48.0 Å². The highest BCUT2D eigenvalue weighted by Crippen LogP contribution is 2.38. The second-order valence-electron chi connectivity index (χ2n) is 4.34. The van der Waals surface area contributed by atoms with E-state index in [1.54, 1.807) is 17.0 Å². The molecule has 1 rings (SSSR count). The van der Waals surface area contributed by atoms with E-state index in [0.717, 1.165) is 11.8 Å². The molecule has 1 amide bonds. The van der Waals surface area contributed by atoms with Crippen LogP contribution in [0.3, 0.4) is 0 Å². The van der Waals surface area contributed by atoms with Gasteiger partial charge in [-0.05, 0) is 25.5 Å². The predicted molar refractivity (Wildman–Crippen MR) is 86.1 cm³/mol. The summed E-state index contributed by atoms with van der Waals surface area (Å²) in [5.41, 5.74) is 0.529. The van der Waals surface area contributed by atoms with E-state index in [-0.39, 0.29) is 5.91 Å². The number of halogens is 1. The van der Waals surface area contributed by atoms with E-state index in [4.69, 9.17) is 14.2 Å². The maximum Gasteiger partial charge on any atom is 0.254 e. The molecule has 21 heavy (non-hydrogen) atoms. The third-order valence-electron chi connectivity index (χ3n) is 3.14. The Morgan fingerprint density at radius 3 is 2.10 bits per heavy atom. The fourth-order valence-corrected chi connectivity index (χ4v) is 2.29. The lowest BCUT2D eigenvalue weighted by Crippen LogP contribution is -2.32. The Bertz CT molecular complexity index is 454. The molecular weight excluding hydrogens is 338 g/mol. The number of amides is 1. The molecule has 0 aromatic heterocycles. The first-order valence-corrected chi connectivity index (χ1v) is 7.90. The van der Waals surface area contributed by atoms with Gasteiger partial charge in [-0.25, -0.2) is 0 Å². The van der Waals surface area contributed by atoms with E-state index in [0.29, 0.717) is 35.9 Å². The normalized spacial score (nSPS) is 10.1. The third kappa shape index (κ3) is 4.27. The molecule has 0 spiro atoms. The fraction of sp³-hybridized carbons (Fsp3) is 0.533. The lowest BCUT2D eigenvalue weighted by molar-refractivity contribution is 0.0764. The number of rotatable bonds is 8. The summed E-state index contributed by atoms with van der Waals surface area (Å²) < 4.78 is 15.8. The van der Waals surface area contributed by atoms with Gasteiger partial charge < -0.3 is 19.1 Å². The number of benzene rings is 1. The van der Waals surface area contributed by atoms with Gasteiger partial charge in [0.15, 0.2) is 11.5 Å². The van der Waals surface area contributed by atoms with Crippen LogP contribution in [0, 0.1) is 0 Å². The number of carbonyl (C=O) groups excluding carboxylic acids is 1. The minimum atomic E-state index is -0.0438. The predicted octanol–water partition coefficient (Wildman–Crippen LogP) is 2.96. The van der Waals surface area contributed by atoms with Crippen LogP contribution < -0.4 is 14.2 Å². The van der Waals surface area contributed by atoms with Crippen LogP contribution in [0.15, 0.2) is 12.1 Å². The average Bonchev–Trinajstić information content (AvgIpc) is 2.53. The smallest absolute Gasteiger partial charge is 0.254 e. The van der Waals surface area contributed by atoms with E-state index < -0.39 is 0 Å². The molecule has 0 fully saturated rings. The second-order valence-corrected chi connectivity index (χ2v) is 5.13. The first-order chi connectivity index (χ1) is 10.1. The summed E-state index contributed by atoms with van der Waals surface area (Å²) >= 11 is 3.38. The van der Waals surface area contributed by atoms with Gasteiger partial charge >= 0.3 is 0 Å². The maximum absolute atomic E-state index is 12.6. The summed E-state index contributed by atoms with van der Waals surface area (Å²) in [5.74, 6) is 1.41. The van der Waals surface area contributed by atoms with Gasteiger partial charge in [0, 0.05) is 24.0 Å². The highest BCUT2D eigenvalue weighted by Gasteiger charge is 2.20. The minimum absolute atomic E-state index is 0.0438. The van der Waals surface area contributed by atoms with Crippen molar-refractivity contribution in [2.24, 2.45) is 0 Å². The third-order valence-corrected chi connectivity index (χ3v) is 3.70. The van der Waals surface area contributed by atoms with Crippen molar-refractivity contribution in [3.8, 4) is 17.2 Å². The van der Waals surface area contributed by atoms with E-state index >= 15 is 0 Å². The van der Waals surface area contributed by atoms with E-state index in [9.17, 15) is 4.79 Å². The lowest BCUT2D eigenvalue weighted by atomic mass is 10.1. The van der Waals surface area contributed by atoms with Crippen molar-refractivity contribution in [2.75, 3.05) is 39.7 Å². The molecule has 0 unspecified atom stereocenters. The summed E-state index contributed by atoms with van der Waals surface area (Å²) in [6.07, 6.45) is 0.907. The van der Waals surface area contributed by atoms with Crippen molar-refractivity contribution >= 4 is 21.8 Å². The van der Waals surface area contributed by atoms with Gasteiger partial charge in [0.05, 0.1) is 21.3 Å². The van der Waals surface area contributed by atoms with Crippen molar-refractivity contribution in [1.29, 1.82) is 0 Å². The second kappa shape index (κ2) is 8.77. The van der Waals surface area contributed by atoms with Gasteiger partial charge in [-0.15, -0.1) is 0 Å². The number of alkyl halides is 1. The van der Waals surface area contributed by atoms with Crippen molar-refractivity contribution < 1.29 is 19.0 Å². The van der Waals surface area contributed by atoms with Gasteiger partial charge in [-0.1, -0.05) is 15.9 Å². The van der Waals surface area contributed by atoms with Crippen molar-refractivity contribution in [3.05, 3.63) is 17.7 Å². The summed E-state index contributed by atoms with van der Waals surface area (Å²) in [7, 11) is 4.61. The first-order valence-electron chi connectivity index (χ1n) is 6.78. The summed E-state index contributed by atoms with van der Waals surface area (Å²) in [5, 5.41) is 0.867. The molecule has 0 atom stereocenters. The van der Waals surface area contributed by atoms with Gasteiger partial charge in [0.2, 0.25) is 5.75 Å². The van der Waals surface area contributed by atoms with Gasteiger partial charge in [-0.3, -0.25) is 4.79 Å².